The first-order valence-electron chi connectivity index (χ1n) is 6.63. The van der Waals surface area contributed by atoms with Crippen LogP contribution in [0.3, 0.4) is 0 Å². The van der Waals surface area contributed by atoms with Gasteiger partial charge in [-0.25, -0.2) is 0 Å². The highest BCUT2D eigenvalue weighted by atomic mass is 127. The average molecular weight is 435 g/mol. The molecule has 1 aliphatic carbocycles. The maximum atomic E-state index is 12.5. The van der Waals surface area contributed by atoms with Crippen LogP contribution in [0.2, 0.25) is 0 Å². The maximum absolute atomic E-state index is 12.5. The van der Waals surface area contributed by atoms with Gasteiger partial charge in [-0.15, -0.1) is 0 Å². The Hall–Kier alpha value is -0.140. The lowest BCUT2D eigenvalue weighted by molar-refractivity contribution is 0.0626. The molecule has 1 aliphatic heterocycles. The summed E-state index contributed by atoms with van der Waals surface area (Å²) in [4.78, 5) is 17.1. The van der Waals surface area contributed by atoms with E-state index in [-0.39, 0.29) is 5.91 Å². The topological polar surface area (TPSA) is 23.6 Å². The molecule has 1 saturated heterocycles. The number of hydrogen-bond acceptors (Lipinski definition) is 2. The number of nitrogens with zero attached hydrogens (tertiary/aromatic N) is 2. The Kier molecular flexibility index (Phi) is 4.14. The third kappa shape index (κ3) is 3.13. The highest BCUT2D eigenvalue weighted by Gasteiger charge is 2.32. The molecule has 1 amide bonds. The Morgan fingerprint density at radius 3 is 2.53 bits per heavy atom. The fraction of sp³-hybridized carbons (Fsp3) is 0.500. The van der Waals surface area contributed by atoms with Gasteiger partial charge in [0.1, 0.15) is 0 Å². The van der Waals surface area contributed by atoms with Crippen molar-refractivity contribution in [1.82, 2.24) is 9.80 Å². The van der Waals surface area contributed by atoms with Gasteiger partial charge in [0.2, 0.25) is 0 Å². The van der Waals surface area contributed by atoms with Gasteiger partial charge < -0.3 is 4.90 Å². The van der Waals surface area contributed by atoms with E-state index in [1.165, 1.54) is 12.8 Å². The molecule has 0 atom stereocenters. The second-order valence-corrected chi connectivity index (χ2v) is 7.26. The summed E-state index contributed by atoms with van der Waals surface area (Å²) in [5, 5.41) is 0. The Morgan fingerprint density at radius 1 is 1.21 bits per heavy atom. The molecule has 1 aromatic carbocycles. The molecule has 19 heavy (non-hydrogen) atoms. The maximum Gasteiger partial charge on any atom is 0.255 e. The molecular formula is C14H16BrIN2O. The van der Waals surface area contributed by atoms with E-state index in [0.717, 1.165) is 45.8 Å². The first-order chi connectivity index (χ1) is 9.15. The van der Waals surface area contributed by atoms with Crippen molar-refractivity contribution < 1.29 is 4.79 Å². The Bertz CT molecular complexity index is 496. The van der Waals surface area contributed by atoms with Crippen molar-refractivity contribution in [3.8, 4) is 0 Å². The van der Waals surface area contributed by atoms with Gasteiger partial charge in [-0.2, -0.15) is 0 Å². The van der Waals surface area contributed by atoms with Crippen molar-refractivity contribution in [3.63, 3.8) is 0 Å². The molecule has 0 N–H and O–H groups in total. The molecule has 0 bridgehead atoms. The molecule has 1 heterocycles. The van der Waals surface area contributed by atoms with Crippen LogP contribution in [-0.2, 0) is 0 Å². The number of carbonyl (C=O) groups excluding carboxylic acids is 1. The SMILES string of the molecule is O=C(c1cc(Br)ccc1I)N1CCN(C2CC2)CC1. The lowest BCUT2D eigenvalue weighted by Gasteiger charge is -2.35. The minimum absolute atomic E-state index is 0.168. The van der Waals surface area contributed by atoms with Gasteiger partial charge in [0.15, 0.2) is 0 Å². The molecule has 1 saturated carbocycles. The molecule has 2 aliphatic rings. The van der Waals surface area contributed by atoms with E-state index in [2.05, 4.69) is 43.4 Å². The normalized spacial score (nSPS) is 20.6. The molecule has 0 aromatic heterocycles. The molecule has 3 nitrogen and oxygen atoms in total. The number of halogens is 2. The van der Waals surface area contributed by atoms with Crippen molar-refractivity contribution in [2.45, 2.75) is 18.9 Å². The van der Waals surface area contributed by atoms with E-state index < -0.39 is 0 Å². The van der Waals surface area contributed by atoms with E-state index in [1.807, 2.05) is 23.1 Å². The quantitative estimate of drug-likeness (QED) is 0.668. The molecule has 2 fully saturated rings. The number of benzene rings is 1. The summed E-state index contributed by atoms with van der Waals surface area (Å²) in [6.07, 6.45) is 2.69. The summed E-state index contributed by atoms with van der Waals surface area (Å²) in [6, 6.07) is 6.70. The molecule has 0 radical (unpaired) electrons. The fourth-order valence-electron chi connectivity index (χ4n) is 2.56. The molecule has 102 valence electrons. The summed E-state index contributed by atoms with van der Waals surface area (Å²) in [5.41, 5.74) is 0.815. The fourth-order valence-corrected chi connectivity index (χ4v) is 3.49. The molecule has 0 spiro atoms. The van der Waals surface area contributed by atoms with Crippen LogP contribution in [0.5, 0.6) is 0 Å². The number of rotatable bonds is 2. The molecule has 1 aromatic rings. The minimum Gasteiger partial charge on any atom is -0.336 e. The van der Waals surface area contributed by atoms with Crippen molar-refractivity contribution in [2.24, 2.45) is 0 Å². The molecular weight excluding hydrogens is 419 g/mol. The van der Waals surface area contributed by atoms with Crippen LogP contribution < -0.4 is 0 Å². The van der Waals surface area contributed by atoms with E-state index in [1.54, 1.807) is 0 Å². The summed E-state index contributed by atoms with van der Waals surface area (Å²) in [7, 11) is 0. The van der Waals surface area contributed by atoms with Crippen LogP contribution in [0.25, 0.3) is 0 Å². The van der Waals surface area contributed by atoms with Crippen LogP contribution in [0.15, 0.2) is 22.7 Å². The van der Waals surface area contributed by atoms with Crippen LogP contribution >= 0.6 is 38.5 Å². The summed E-state index contributed by atoms with van der Waals surface area (Å²) < 4.78 is 1.99. The average Bonchev–Trinajstić information content (AvgIpc) is 3.25. The number of amides is 1. The number of piperazine rings is 1. The second kappa shape index (κ2) is 5.69. The zero-order valence-corrected chi connectivity index (χ0v) is 14.4. The van der Waals surface area contributed by atoms with Gasteiger partial charge in [-0.1, -0.05) is 15.9 Å². The monoisotopic (exact) mass is 434 g/mol. The first-order valence-corrected chi connectivity index (χ1v) is 8.51. The van der Waals surface area contributed by atoms with Crippen molar-refractivity contribution >= 4 is 44.4 Å². The lowest BCUT2D eigenvalue weighted by atomic mass is 10.2. The Labute approximate surface area is 135 Å². The van der Waals surface area contributed by atoms with E-state index >= 15 is 0 Å². The standard InChI is InChI=1S/C14H16BrIN2O/c15-10-1-4-13(16)12(9-10)14(19)18-7-5-17(6-8-18)11-2-3-11/h1,4,9,11H,2-3,5-8H2. The highest BCUT2D eigenvalue weighted by Crippen LogP contribution is 2.28. The van der Waals surface area contributed by atoms with Crippen LogP contribution in [0, 0.1) is 3.57 Å². The van der Waals surface area contributed by atoms with Gasteiger partial charge in [-0.05, 0) is 53.6 Å². The second-order valence-electron chi connectivity index (χ2n) is 5.18. The molecule has 3 rings (SSSR count). The largest absolute Gasteiger partial charge is 0.336 e. The first kappa shape index (κ1) is 13.8. The van der Waals surface area contributed by atoms with Gasteiger partial charge in [0.25, 0.3) is 5.91 Å². The minimum atomic E-state index is 0.168. The van der Waals surface area contributed by atoms with Gasteiger partial charge in [0, 0.05) is 40.3 Å². The van der Waals surface area contributed by atoms with Crippen molar-refractivity contribution in [3.05, 3.63) is 31.8 Å². The molecule has 5 heteroatoms. The smallest absolute Gasteiger partial charge is 0.255 e. The highest BCUT2D eigenvalue weighted by molar-refractivity contribution is 14.1. The lowest BCUT2D eigenvalue weighted by Crippen LogP contribution is -2.49. The van der Waals surface area contributed by atoms with Crippen molar-refractivity contribution in [2.75, 3.05) is 26.2 Å². The number of carbonyl (C=O) groups is 1. The van der Waals surface area contributed by atoms with Crippen molar-refractivity contribution in [1.29, 1.82) is 0 Å². The van der Waals surface area contributed by atoms with E-state index in [0.29, 0.717) is 0 Å². The number of hydrogen-bond donors (Lipinski definition) is 0. The van der Waals surface area contributed by atoms with Crippen LogP contribution in [0.4, 0.5) is 0 Å². The van der Waals surface area contributed by atoms with Gasteiger partial charge in [-0.3, -0.25) is 9.69 Å². The molecule has 0 unspecified atom stereocenters. The van der Waals surface area contributed by atoms with Gasteiger partial charge in [0.05, 0.1) is 5.56 Å². The Balaban J connectivity index is 1.68. The third-order valence-corrected chi connectivity index (χ3v) is 5.26. The zero-order chi connectivity index (χ0) is 13.4. The Morgan fingerprint density at radius 2 is 1.89 bits per heavy atom. The summed E-state index contributed by atoms with van der Waals surface area (Å²) in [5.74, 6) is 0.168. The predicted molar refractivity (Wildman–Crippen MR) is 87.4 cm³/mol. The zero-order valence-electron chi connectivity index (χ0n) is 10.6. The third-order valence-electron chi connectivity index (χ3n) is 3.82. The van der Waals surface area contributed by atoms with Crippen LogP contribution in [-0.4, -0.2) is 47.9 Å². The predicted octanol–water partition coefficient (Wildman–Crippen LogP) is 2.97. The van der Waals surface area contributed by atoms with Crippen LogP contribution in [0.1, 0.15) is 23.2 Å². The summed E-state index contributed by atoms with van der Waals surface area (Å²) in [6.45, 7) is 3.78. The van der Waals surface area contributed by atoms with E-state index in [9.17, 15) is 4.79 Å². The van der Waals surface area contributed by atoms with E-state index in [4.69, 9.17) is 0 Å². The van der Waals surface area contributed by atoms with Gasteiger partial charge >= 0.3 is 0 Å². The summed E-state index contributed by atoms with van der Waals surface area (Å²) >= 11 is 5.68.